The van der Waals surface area contributed by atoms with Crippen LogP contribution in [-0.2, 0) is 4.79 Å². The van der Waals surface area contributed by atoms with Gasteiger partial charge >= 0.3 is 0 Å². The quantitative estimate of drug-likeness (QED) is 0.808. The third-order valence-corrected chi connectivity index (χ3v) is 3.96. The second-order valence-electron chi connectivity index (χ2n) is 4.99. The molecule has 0 aromatic rings. The summed E-state index contributed by atoms with van der Waals surface area (Å²) >= 11 is 0. The molecule has 3 nitrogen and oxygen atoms in total. The fourth-order valence-corrected chi connectivity index (χ4v) is 2.82. The first kappa shape index (κ1) is 13.8. The minimum atomic E-state index is 0. The average Bonchev–Trinajstić information content (AvgIpc) is 2.82. The number of hydrogen-bond acceptors (Lipinski definition) is 2. The van der Waals surface area contributed by atoms with Crippen LogP contribution in [0.3, 0.4) is 0 Å². The molecule has 1 amide bonds. The van der Waals surface area contributed by atoms with Crippen LogP contribution in [0.1, 0.15) is 38.5 Å². The van der Waals surface area contributed by atoms with Gasteiger partial charge in [-0.15, -0.1) is 12.4 Å². The minimum Gasteiger partial charge on any atom is -0.342 e. The zero-order valence-electron chi connectivity index (χ0n) is 9.86. The first-order valence-electron chi connectivity index (χ1n) is 6.30. The number of carbonyl (C=O) groups excluding carboxylic acids is 1. The normalized spacial score (nSPS) is 23.2. The van der Waals surface area contributed by atoms with Crippen LogP contribution in [0, 0.1) is 11.8 Å². The lowest BCUT2D eigenvalue weighted by atomic mass is 9.95. The van der Waals surface area contributed by atoms with E-state index in [9.17, 15) is 4.79 Å². The van der Waals surface area contributed by atoms with Gasteiger partial charge in [-0.05, 0) is 38.1 Å². The molecule has 1 saturated carbocycles. The summed E-state index contributed by atoms with van der Waals surface area (Å²) in [6.45, 7) is 2.67. The molecule has 0 atom stereocenters. The number of amides is 1. The van der Waals surface area contributed by atoms with E-state index in [0.29, 0.717) is 17.7 Å². The lowest BCUT2D eigenvalue weighted by molar-refractivity contribution is -0.136. The van der Waals surface area contributed by atoms with E-state index in [4.69, 9.17) is 5.73 Å². The Morgan fingerprint density at radius 3 is 2.19 bits per heavy atom. The van der Waals surface area contributed by atoms with Gasteiger partial charge in [0.2, 0.25) is 5.91 Å². The van der Waals surface area contributed by atoms with Gasteiger partial charge in [0.15, 0.2) is 0 Å². The third-order valence-electron chi connectivity index (χ3n) is 3.96. The molecule has 1 aliphatic carbocycles. The number of halogens is 1. The van der Waals surface area contributed by atoms with E-state index < -0.39 is 0 Å². The van der Waals surface area contributed by atoms with E-state index >= 15 is 0 Å². The van der Waals surface area contributed by atoms with Crippen LogP contribution in [-0.4, -0.2) is 30.4 Å². The third kappa shape index (κ3) is 3.11. The van der Waals surface area contributed by atoms with E-state index in [2.05, 4.69) is 4.90 Å². The van der Waals surface area contributed by atoms with Gasteiger partial charge < -0.3 is 10.6 Å². The van der Waals surface area contributed by atoms with Gasteiger partial charge in [-0.1, -0.05) is 12.8 Å². The maximum Gasteiger partial charge on any atom is 0.225 e. The molecule has 2 N–H and O–H groups in total. The molecular formula is C12H23ClN2O. The van der Waals surface area contributed by atoms with Crippen molar-refractivity contribution in [3.05, 3.63) is 0 Å². The smallest absolute Gasteiger partial charge is 0.225 e. The summed E-state index contributed by atoms with van der Waals surface area (Å²) in [6.07, 6.45) is 6.95. The van der Waals surface area contributed by atoms with Gasteiger partial charge in [-0.2, -0.15) is 0 Å². The topological polar surface area (TPSA) is 46.3 Å². The van der Waals surface area contributed by atoms with Crippen LogP contribution in [0.5, 0.6) is 0 Å². The number of nitrogens with zero attached hydrogens (tertiary/aromatic N) is 1. The Kier molecular flexibility index (Phi) is 5.56. The van der Waals surface area contributed by atoms with Crippen molar-refractivity contribution in [3.8, 4) is 0 Å². The van der Waals surface area contributed by atoms with Crippen molar-refractivity contribution in [3.63, 3.8) is 0 Å². The highest BCUT2D eigenvalue weighted by molar-refractivity contribution is 5.85. The molecule has 94 valence electrons. The Bertz CT molecular complexity index is 221. The van der Waals surface area contributed by atoms with E-state index in [-0.39, 0.29) is 12.4 Å². The van der Waals surface area contributed by atoms with Crippen LogP contribution >= 0.6 is 12.4 Å². The Morgan fingerprint density at radius 1 is 1.12 bits per heavy atom. The minimum absolute atomic E-state index is 0. The lowest BCUT2D eigenvalue weighted by Gasteiger charge is -2.33. The Balaban J connectivity index is 0.00000128. The highest BCUT2D eigenvalue weighted by Gasteiger charge is 2.29. The molecule has 2 fully saturated rings. The molecule has 4 heteroatoms. The maximum atomic E-state index is 12.1. The van der Waals surface area contributed by atoms with Gasteiger partial charge in [-0.3, -0.25) is 4.79 Å². The largest absolute Gasteiger partial charge is 0.342 e. The average molecular weight is 247 g/mol. The Hall–Kier alpha value is -0.280. The number of carbonyl (C=O) groups is 1. The highest BCUT2D eigenvalue weighted by Crippen LogP contribution is 2.28. The van der Waals surface area contributed by atoms with Crippen molar-refractivity contribution in [2.75, 3.05) is 19.6 Å². The predicted octanol–water partition coefficient (Wildman–Crippen LogP) is 1.80. The van der Waals surface area contributed by atoms with Crippen molar-refractivity contribution >= 4 is 18.3 Å². The Labute approximate surface area is 104 Å². The van der Waals surface area contributed by atoms with Crippen LogP contribution in [0.4, 0.5) is 0 Å². The summed E-state index contributed by atoms with van der Waals surface area (Å²) in [6, 6.07) is 0. The second kappa shape index (κ2) is 6.45. The molecule has 2 rings (SSSR count). The molecular weight excluding hydrogens is 224 g/mol. The first-order chi connectivity index (χ1) is 7.31. The van der Waals surface area contributed by atoms with Crippen LogP contribution in [0.15, 0.2) is 0 Å². The molecule has 1 heterocycles. The second-order valence-corrected chi connectivity index (χ2v) is 4.99. The lowest BCUT2D eigenvalue weighted by Crippen LogP contribution is -2.42. The summed E-state index contributed by atoms with van der Waals surface area (Å²) in [5.74, 6) is 1.42. The number of hydrogen-bond donors (Lipinski definition) is 1. The molecule has 0 unspecified atom stereocenters. The summed E-state index contributed by atoms with van der Waals surface area (Å²) in [5.41, 5.74) is 5.64. The van der Waals surface area contributed by atoms with Crippen molar-refractivity contribution < 1.29 is 4.79 Å². The monoisotopic (exact) mass is 246 g/mol. The van der Waals surface area contributed by atoms with Crippen LogP contribution < -0.4 is 5.73 Å². The molecule has 1 saturated heterocycles. The molecule has 0 spiro atoms. The summed E-state index contributed by atoms with van der Waals surface area (Å²) in [4.78, 5) is 14.2. The van der Waals surface area contributed by atoms with Crippen molar-refractivity contribution in [1.29, 1.82) is 0 Å². The molecule has 0 bridgehead atoms. The highest BCUT2D eigenvalue weighted by atomic mass is 35.5. The summed E-state index contributed by atoms with van der Waals surface area (Å²) in [7, 11) is 0. The fraction of sp³-hybridized carbons (Fsp3) is 0.917. The van der Waals surface area contributed by atoms with E-state index in [1.165, 1.54) is 12.8 Å². The first-order valence-corrected chi connectivity index (χ1v) is 6.30. The summed E-state index contributed by atoms with van der Waals surface area (Å²) < 4.78 is 0. The Morgan fingerprint density at radius 2 is 1.69 bits per heavy atom. The van der Waals surface area contributed by atoms with Crippen LogP contribution in [0.25, 0.3) is 0 Å². The van der Waals surface area contributed by atoms with E-state index in [1.807, 2.05) is 0 Å². The molecule has 16 heavy (non-hydrogen) atoms. The number of piperidine rings is 1. The van der Waals surface area contributed by atoms with Crippen LogP contribution in [0.2, 0.25) is 0 Å². The predicted molar refractivity (Wildman–Crippen MR) is 67.6 cm³/mol. The van der Waals surface area contributed by atoms with E-state index in [1.54, 1.807) is 0 Å². The van der Waals surface area contributed by atoms with Crippen molar-refractivity contribution in [2.24, 2.45) is 17.6 Å². The number of rotatable bonds is 2. The SMILES string of the molecule is Cl.NCC1CCN(C(=O)C2CCCC2)CC1. The molecule has 0 radical (unpaired) electrons. The number of nitrogens with two attached hydrogens (primary N) is 1. The standard InChI is InChI=1S/C12H22N2O.ClH/c13-9-10-5-7-14(8-6-10)12(15)11-3-1-2-4-11;/h10-11H,1-9,13H2;1H. The summed E-state index contributed by atoms with van der Waals surface area (Å²) in [5, 5.41) is 0. The molecule has 1 aliphatic heterocycles. The number of likely N-dealkylation sites (tertiary alicyclic amines) is 1. The van der Waals surface area contributed by atoms with Gasteiger partial charge in [-0.25, -0.2) is 0 Å². The fourth-order valence-electron chi connectivity index (χ4n) is 2.82. The zero-order valence-corrected chi connectivity index (χ0v) is 10.7. The van der Waals surface area contributed by atoms with E-state index in [0.717, 1.165) is 45.3 Å². The van der Waals surface area contributed by atoms with Gasteiger partial charge in [0, 0.05) is 19.0 Å². The maximum absolute atomic E-state index is 12.1. The van der Waals surface area contributed by atoms with Gasteiger partial charge in [0.05, 0.1) is 0 Å². The van der Waals surface area contributed by atoms with Crippen molar-refractivity contribution in [1.82, 2.24) is 4.90 Å². The molecule has 2 aliphatic rings. The van der Waals surface area contributed by atoms with Crippen molar-refractivity contribution in [2.45, 2.75) is 38.5 Å². The molecule has 0 aromatic carbocycles. The van der Waals surface area contributed by atoms with Gasteiger partial charge in [0.1, 0.15) is 0 Å². The van der Waals surface area contributed by atoms with Gasteiger partial charge in [0.25, 0.3) is 0 Å². The zero-order chi connectivity index (χ0) is 10.7. The molecule has 0 aromatic heterocycles.